The van der Waals surface area contributed by atoms with Crippen LogP contribution >= 0.6 is 0 Å². The summed E-state index contributed by atoms with van der Waals surface area (Å²) in [5.41, 5.74) is 0.808. The minimum Gasteiger partial charge on any atom is -0.351 e. The first kappa shape index (κ1) is 18.4. The summed E-state index contributed by atoms with van der Waals surface area (Å²) in [5.74, 6) is -1.19. The molecule has 1 amide bonds. The number of benzene rings is 1. The number of carbonyl (C=O) groups excluding carboxylic acids is 1. The number of carbonyl (C=O) groups is 1. The molecule has 3 aromatic heterocycles. The van der Waals surface area contributed by atoms with Gasteiger partial charge < -0.3 is 5.32 Å². The second-order valence-corrected chi connectivity index (χ2v) is 6.04. The van der Waals surface area contributed by atoms with E-state index < -0.39 is 17.5 Å². The zero-order valence-corrected chi connectivity index (χ0v) is 15.0. The van der Waals surface area contributed by atoms with Gasteiger partial charge in [-0.25, -0.2) is 18.4 Å². The van der Waals surface area contributed by atoms with Gasteiger partial charge in [0.15, 0.2) is 5.82 Å². The quantitative estimate of drug-likeness (QED) is 0.540. The van der Waals surface area contributed by atoms with Crippen molar-refractivity contribution in [1.29, 1.82) is 0 Å². The molecule has 0 aliphatic heterocycles. The highest BCUT2D eigenvalue weighted by molar-refractivity contribution is 5.97. The Balaban J connectivity index is 1.42. The molecule has 0 spiro atoms. The third-order valence-electron chi connectivity index (χ3n) is 4.11. The highest BCUT2D eigenvalue weighted by Crippen LogP contribution is 2.16. The number of pyridine rings is 1. The van der Waals surface area contributed by atoms with Gasteiger partial charge in [-0.15, -0.1) is 0 Å². The molecule has 1 N–H and O–H groups in total. The minimum absolute atomic E-state index is 0.134. The standard InChI is InChI=1S/C19H15F2N7O/c20-13-4-5-17(23-12-13)27-11-7-14(26-27)6-8-22-19(29)18-15(21)2-1-3-16(18)28-24-9-10-25-28/h1-5,7,9-12H,6,8H2,(H,22,29). The Morgan fingerprint density at radius 3 is 2.66 bits per heavy atom. The summed E-state index contributed by atoms with van der Waals surface area (Å²) in [4.78, 5) is 17.7. The van der Waals surface area contributed by atoms with Crippen molar-refractivity contribution in [2.24, 2.45) is 0 Å². The van der Waals surface area contributed by atoms with E-state index in [-0.39, 0.29) is 17.8 Å². The monoisotopic (exact) mass is 395 g/mol. The molecule has 0 fully saturated rings. The van der Waals surface area contributed by atoms with Gasteiger partial charge in [-0.05, 0) is 30.3 Å². The van der Waals surface area contributed by atoms with E-state index in [9.17, 15) is 13.6 Å². The lowest BCUT2D eigenvalue weighted by molar-refractivity contribution is 0.0949. The molecule has 8 nitrogen and oxygen atoms in total. The molecular formula is C19H15F2N7O. The van der Waals surface area contributed by atoms with Gasteiger partial charge in [0.05, 0.1) is 24.3 Å². The topological polar surface area (TPSA) is 90.5 Å². The number of nitrogens with zero attached hydrogens (tertiary/aromatic N) is 6. The number of nitrogens with one attached hydrogen (secondary N) is 1. The fourth-order valence-corrected chi connectivity index (χ4v) is 2.76. The van der Waals surface area contributed by atoms with Crippen molar-refractivity contribution >= 4 is 5.91 Å². The molecule has 3 heterocycles. The maximum atomic E-state index is 14.3. The fourth-order valence-electron chi connectivity index (χ4n) is 2.76. The third kappa shape index (κ3) is 4.00. The molecule has 0 bridgehead atoms. The molecule has 29 heavy (non-hydrogen) atoms. The first-order chi connectivity index (χ1) is 14.1. The summed E-state index contributed by atoms with van der Waals surface area (Å²) < 4.78 is 28.8. The number of amides is 1. The van der Waals surface area contributed by atoms with E-state index in [1.807, 2.05) is 0 Å². The van der Waals surface area contributed by atoms with Crippen molar-refractivity contribution in [2.75, 3.05) is 6.54 Å². The minimum atomic E-state index is -0.663. The summed E-state index contributed by atoms with van der Waals surface area (Å²) in [5, 5.41) is 14.9. The second-order valence-electron chi connectivity index (χ2n) is 6.04. The van der Waals surface area contributed by atoms with Gasteiger partial charge in [0.1, 0.15) is 22.9 Å². The maximum Gasteiger partial charge on any atom is 0.256 e. The van der Waals surface area contributed by atoms with Crippen LogP contribution in [0.1, 0.15) is 16.1 Å². The lowest BCUT2D eigenvalue weighted by Gasteiger charge is -2.10. The van der Waals surface area contributed by atoms with Gasteiger partial charge in [0, 0.05) is 19.2 Å². The van der Waals surface area contributed by atoms with Gasteiger partial charge in [-0.1, -0.05) is 6.07 Å². The number of halogens is 2. The van der Waals surface area contributed by atoms with Gasteiger partial charge in [-0.2, -0.15) is 20.1 Å². The van der Waals surface area contributed by atoms with Gasteiger partial charge in [0.25, 0.3) is 5.91 Å². The van der Waals surface area contributed by atoms with Gasteiger partial charge in [-0.3, -0.25) is 4.79 Å². The van der Waals surface area contributed by atoms with Crippen molar-refractivity contribution in [3.05, 3.63) is 84.1 Å². The van der Waals surface area contributed by atoms with Crippen molar-refractivity contribution in [2.45, 2.75) is 6.42 Å². The van der Waals surface area contributed by atoms with Crippen LogP contribution < -0.4 is 5.32 Å². The van der Waals surface area contributed by atoms with Crippen LogP contribution in [0.4, 0.5) is 8.78 Å². The lowest BCUT2D eigenvalue weighted by Crippen LogP contribution is -2.28. The Morgan fingerprint density at radius 2 is 1.90 bits per heavy atom. The summed E-state index contributed by atoms with van der Waals surface area (Å²) in [6.45, 7) is 0.243. The van der Waals surface area contributed by atoms with Crippen LogP contribution in [0.25, 0.3) is 11.5 Å². The van der Waals surface area contributed by atoms with Crippen LogP contribution in [-0.2, 0) is 6.42 Å². The van der Waals surface area contributed by atoms with Crippen molar-refractivity contribution < 1.29 is 13.6 Å². The molecule has 0 atom stereocenters. The van der Waals surface area contributed by atoms with Crippen molar-refractivity contribution in [3.8, 4) is 11.5 Å². The number of hydrogen-bond donors (Lipinski definition) is 1. The van der Waals surface area contributed by atoms with Crippen molar-refractivity contribution in [3.63, 3.8) is 0 Å². The largest absolute Gasteiger partial charge is 0.351 e. The Kier molecular flexibility index (Phi) is 5.06. The predicted molar refractivity (Wildman–Crippen MR) is 98.7 cm³/mol. The first-order valence-electron chi connectivity index (χ1n) is 8.72. The number of rotatable bonds is 6. The third-order valence-corrected chi connectivity index (χ3v) is 4.11. The van der Waals surface area contributed by atoms with Crippen LogP contribution in [0, 0.1) is 11.6 Å². The van der Waals surface area contributed by atoms with E-state index >= 15 is 0 Å². The van der Waals surface area contributed by atoms with Gasteiger partial charge in [0.2, 0.25) is 0 Å². The fraction of sp³-hybridized carbons (Fsp3) is 0.105. The molecule has 1 aromatic carbocycles. The zero-order valence-electron chi connectivity index (χ0n) is 15.0. The van der Waals surface area contributed by atoms with E-state index in [1.54, 1.807) is 18.3 Å². The molecular weight excluding hydrogens is 380 g/mol. The van der Waals surface area contributed by atoms with E-state index in [1.165, 1.54) is 46.1 Å². The Hall–Kier alpha value is -3.95. The van der Waals surface area contributed by atoms with E-state index in [4.69, 9.17) is 0 Å². The van der Waals surface area contributed by atoms with Gasteiger partial charge >= 0.3 is 0 Å². The molecule has 4 rings (SSSR count). The highest BCUT2D eigenvalue weighted by Gasteiger charge is 2.18. The summed E-state index contributed by atoms with van der Waals surface area (Å²) in [7, 11) is 0. The molecule has 0 radical (unpaired) electrons. The smallest absolute Gasteiger partial charge is 0.256 e. The Labute approximate surface area is 163 Å². The normalized spacial score (nSPS) is 10.8. The van der Waals surface area contributed by atoms with Crippen molar-refractivity contribution in [1.82, 2.24) is 35.1 Å². The van der Waals surface area contributed by atoms with Crippen LogP contribution in [-0.4, -0.2) is 42.2 Å². The SMILES string of the molecule is O=C(NCCc1ccn(-c2ccc(F)cn2)n1)c1c(F)cccc1-n1nccn1. The molecule has 0 aliphatic carbocycles. The Bertz CT molecular complexity index is 1120. The molecule has 146 valence electrons. The molecule has 0 saturated carbocycles. The van der Waals surface area contributed by atoms with E-state index in [2.05, 4.69) is 25.6 Å². The van der Waals surface area contributed by atoms with Crippen LogP contribution in [0.3, 0.4) is 0 Å². The van der Waals surface area contributed by atoms with E-state index in [0.717, 1.165) is 6.20 Å². The molecule has 10 heteroatoms. The summed E-state index contributed by atoms with van der Waals surface area (Å²) >= 11 is 0. The van der Waals surface area contributed by atoms with E-state index in [0.29, 0.717) is 17.9 Å². The lowest BCUT2D eigenvalue weighted by atomic mass is 10.1. The Morgan fingerprint density at radius 1 is 1.07 bits per heavy atom. The molecule has 0 aliphatic rings. The highest BCUT2D eigenvalue weighted by atomic mass is 19.1. The van der Waals surface area contributed by atoms with Crippen LogP contribution in [0.5, 0.6) is 0 Å². The average Bonchev–Trinajstić information content (AvgIpc) is 3.40. The van der Waals surface area contributed by atoms with Crippen LogP contribution in [0.15, 0.2) is 61.2 Å². The molecule has 0 unspecified atom stereocenters. The maximum absolute atomic E-state index is 14.3. The number of hydrogen-bond acceptors (Lipinski definition) is 5. The predicted octanol–water partition coefficient (Wildman–Crippen LogP) is 2.10. The second kappa shape index (κ2) is 7.97. The average molecular weight is 395 g/mol. The first-order valence-corrected chi connectivity index (χ1v) is 8.72. The summed E-state index contributed by atoms with van der Waals surface area (Å²) in [6, 6.07) is 8.83. The number of aromatic nitrogens is 6. The molecule has 0 saturated heterocycles. The summed E-state index contributed by atoms with van der Waals surface area (Å²) in [6.07, 6.45) is 6.11. The molecule has 4 aromatic rings. The van der Waals surface area contributed by atoms with Crippen LogP contribution in [0.2, 0.25) is 0 Å². The zero-order chi connectivity index (χ0) is 20.2.